The molecule has 2 aliphatic rings. The summed E-state index contributed by atoms with van der Waals surface area (Å²) >= 11 is 0. The zero-order chi connectivity index (χ0) is 44.9. The number of hydrogen-bond donors (Lipinski definition) is 0. The van der Waals surface area contributed by atoms with Crippen LogP contribution in [0.25, 0.3) is 22.3 Å². The Morgan fingerprint density at radius 2 is 0.823 bits per heavy atom. The summed E-state index contributed by atoms with van der Waals surface area (Å²) in [5.41, 5.74) is 23.5. The predicted molar refractivity (Wildman–Crippen MR) is 276 cm³/mol. The molecular formula is C62H84. The summed E-state index contributed by atoms with van der Waals surface area (Å²) in [6.07, 6.45) is 31.9. The average Bonchev–Trinajstić information content (AvgIpc) is 3.64. The van der Waals surface area contributed by atoms with Gasteiger partial charge in [-0.25, -0.2) is 0 Å². The number of hydrogen-bond acceptors (Lipinski definition) is 0. The monoisotopic (exact) mass is 829 g/mol. The number of unbranched alkanes of at least 4 members (excludes halogenated alkanes) is 10. The van der Waals surface area contributed by atoms with E-state index in [9.17, 15) is 0 Å². The lowest BCUT2D eigenvalue weighted by Crippen LogP contribution is -2.26. The van der Waals surface area contributed by atoms with Crippen LogP contribution in [0.3, 0.4) is 0 Å². The Labute approximate surface area is 381 Å². The van der Waals surface area contributed by atoms with Crippen molar-refractivity contribution < 1.29 is 0 Å². The molecule has 0 fully saturated rings. The fraction of sp³-hybridized carbons (Fsp3) is 0.484. The molecule has 0 heteroatoms. The van der Waals surface area contributed by atoms with Gasteiger partial charge in [0.05, 0.1) is 0 Å². The molecule has 0 bridgehead atoms. The van der Waals surface area contributed by atoms with E-state index < -0.39 is 0 Å². The van der Waals surface area contributed by atoms with Gasteiger partial charge in [-0.15, -0.1) is 13.2 Å². The van der Waals surface area contributed by atoms with E-state index >= 15 is 0 Å². The highest BCUT2D eigenvalue weighted by Gasteiger charge is 2.44. The lowest BCUT2D eigenvalue weighted by atomic mass is 9.70. The quantitative estimate of drug-likeness (QED) is 0.0547. The van der Waals surface area contributed by atoms with E-state index in [2.05, 4.69) is 167 Å². The van der Waals surface area contributed by atoms with Gasteiger partial charge in [-0.2, -0.15) is 0 Å². The Kier molecular flexibility index (Phi) is 18.1. The third-order valence-corrected chi connectivity index (χ3v) is 14.3. The molecule has 6 rings (SSSR count). The fourth-order valence-corrected chi connectivity index (χ4v) is 10.7. The van der Waals surface area contributed by atoms with Gasteiger partial charge in [-0.1, -0.05) is 198 Å². The maximum Gasteiger partial charge on any atom is 0.0284 e. The highest BCUT2D eigenvalue weighted by molar-refractivity contribution is 5.84. The first-order valence-corrected chi connectivity index (χ1v) is 24.8. The van der Waals surface area contributed by atoms with E-state index in [1.54, 1.807) is 11.1 Å². The summed E-state index contributed by atoms with van der Waals surface area (Å²) in [5.74, 6) is 0. The number of fused-ring (bicyclic) bond motifs is 6. The second kappa shape index (κ2) is 23.0. The van der Waals surface area contributed by atoms with Crippen molar-refractivity contribution in [3.05, 3.63) is 165 Å². The molecule has 0 heterocycles. The van der Waals surface area contributed by atoms with Crippen molar-refractivity contribution in [1.82, 2.24) is 0 Å². The summed E-state index contributed by atoms with van der Waals surface area (Å²) in [5, 5.41) is 0. The van der Waals surface area contributed by atoms with E-state index in [4.69, 9.17) is 0 Å². The van der Waals surface area contributed by atoms with Crippen LogP contribution in [0.15, 0.2) is 109 Å². The Morgan fingerprint density at radius 3 is 1.19 bits per heavy atom. The first kappa shape index (κ1) is 48.9. The van der Waals surface area contributed by atoms with Crippen LogP contribution in [0.1, 0.15) is 200 Å². The van der Waals surface area contributed by atoms with Crippen LogP contribution in [-0.4, -0.2) is 0 Å². The van der Waals surface area contributed by atoms with Crippen LogP contribution in [0.2, 0.25) is 0 Å². The summed E-state index contributed by atoms with van der Waals surface area (Å²) in [6.45, 7) is 30.6. The second-order valence-corrected chi connectivity index (χ2v) is 19.9. The Hall–Kier alpha value is -4.16. The van der Waals surface area contributed by atoms with Gasteiger partial charge in [0.15, 0.2) is 0 Å². The maximum atomic E-state index is 4.04. The van der Waals surface area contributed by atoms with Gasteiger partial charge in [0, 0.05) is 10.8 Å². The highest BCUT2D eigenvalue weighted by Crippen LogP contribution is 2.56. The van der Waals surface area contributed by atoms with Crippen molar-refractivity contribution >= 4 is 0 Å². The summed E-state index contributed by atoms with van der Waals surface area (Å²) in [4.78, 5) is 0. The van der Waals surface area contributed by atoms with Crippen LogP contribution < -0.4 is 0 Å². The van der Waals surface area contributed by atoms with Crippen molar-refractivity contribution in [2.45, 2.75) is 196 Å². The molecule has 4 aromatic carbocycles. The Morgan fingerprint density at radius 1 is 0.452 bits per heavy atom. The first-order valence-electron chi connectivity index (χ1n) is 24.8. The van der Waals surface area contributed by atoms with Gasteiger partial charge >= 0.3 is 0 Å². The molecule has 0 aromatic heterocycles. The van der Waals surface area contributed by atoms with Crippen LogP contribution in [0.5, 0.6) is 0 Å². The molecule has 0 nitrogen and oxygen atoms in total. The second-order valence-electron chi connectivity index (χ2n) is 19.9. The lowest BCUT2D eigenvalue weighted by molar-refractivity contribution is 0.397. The third-order valence-electron chi connectivity index (χ3n) is 14.3. The van der Waals surface area contributed by atoms with E-state index in [1.165, 1.54) is 168 Å². The maximum absolute atomic E-state index is 4.04. The molecule has 0 aliphatic heterocycles. The molecule has 62 heavy (non-hydrogen) atoms. The Balaban J connectivity index is 0.000000252. The van der Waals surface area contributed by atoms with E-state index in [0.717, 1.165) is 25.7 Å². The molecule has 0 saturated carbocycles. The molecule has 2 aliphatic carbocycles. The molecule has 0 spiro atoms. The van der Waals surface area contributed by atoms with Gasteiger partial charge in [-0.3, -0.25) is 0 Å². The van der Waals surface area contributed by atoms with Gasteiger partial charge in [0.1, 0.15) is 0 Å². The normalized spacial score (nSPS) is 13.6. The molecule has 4 aromatic rings. The molecule has 0 amide bonds. The molecule has 0 N–H and O–H groups in total. The van der Waals surface area contributed by atoms with Gasteiger partial charge in [0.2, 0.25) is 0 Å². The predicted octanol–water partition coefficient (Wildman–Crippen LogP) is 18.8. The van der Waals surface area contributed by atoms with Crippen molar-refractivity contribution in [2.75, 3.05) is 0 Å². The lowest BCUT2D eigenvalue weighted by Gasteiger charge is -2.33. The van der Waals surface area contributed by atoms with E-state index in [1.807, 2.05) is 0 Å². The molecule has 0 atom stereocenters. The minimum atomic E-state index is 0.0528. The van der Waals surface area contributed by atoms with Gasteiger partial charge < -0.3 is 0 Å². The molecule has 0 saturated heterocycles. The summed E-state index contributed by atoms with van der Waals surface area (Å²) < 4.78 is 0. The zero-order valence-electron chi connectivity index (χ0n) is 41.2. The SMILES string of the molecule is C=CCc1cc2c(cc1C)C(CCCCCCCC)(CCCCCCCC)c1cc(C)c(CC=C)cc1-2.CC(C)=CCC1(CC=C(C)C)c2cc(C)ccc2-c2ccc(C)cc21. The molecular weight excluding hydrogens is 745 g/mol. The highest BCUT2D eigenvalue weighted by atomic mass is 14.5. The van der Waals surface area contributed by atoms with Crippen molar-refractivity contribution in [3.8, 4) is 22.3 Å². The van der Waals surface area contributed by atoms with E-state index in [-0.39, 0.29) is 10.8 Å². The van der Waals surface area contributed by atoms with Crippen molar-refractivity contribution in [3.63, 3.8) is 0 Å². The standard InChI is InChI=1S/C37H54.C25H30/c1-7-11-13-15-17-19-23-37(24-20-18-16-14-12-8-2)35-25-29(5)31(21-9-3)27-33(35)34-28-32(22-10-4)30(6)26-36(34)37;1-17(2)11-13-25(14-12-18(3)4)23-15-19(5)7-9-21(23)22-10-8-20(6)16-24(22)25/h9-10,25-28H,3-4,7-8,11-24H2,1-2,5-6H3;7-12,15-16H,13-14H2,1-6H3. The molecule has 0 radical (unpaired) electrons. The summed E-state index contributed by atoms with van der Waals surface area (Å²) in [7, 11) is 0. The van der Waals surface area contributed by atoms with E-state index in [0.29, 0.717) is 0 Å². The van der Waals surface area contributed by atoms with Gasteiger partial charge in [0.25, 0.3) is 0 Å². The largest absolute Gasteiger partial charge is 0.103 e. The topological polar surface area (TPSA) is 0 Å². The number of benzene rings is 4. The van der Waals surface area contributed by atoms with Crippen LogP contribution in [0.4, 0.5) is 0 Å². The summed E-state index contributed by atoms with van der Waals surface area (Å²) in [6, 6.07) is 24.2. The minimum absolute atomic E-state index is 0.0528. The molecule has 332 valence electrons. The van der Waals surface area contributed by atoms with Crippen LogP contribution in [0, 0.1) is 27.7 Å². The molecule has 0 unspecified atom stereocenters. The number of rotatable bonds is 22. The average molecular weight is 829 g/mol. The first-order chi connectivity index (χ1) is 29.8. The smallest absolute Gasteiger partial charge is 0.0284 e. The third kappa shape index (κ3) is 11.3. The van der Waals surface area contributed by atoms with Crippen LogP contribution in [-0.2, 0) is 23.7 Å². The minimum Gasteiger partial charge on any atom is -0.103 e. The number of aryl methyl sites for hydroxylation is 4. The fourth-order valence-electron chi connectivity index (χ4n) is 10.7. The van der Waals surface area contributed by atoms with Crippen molar-refractivity contribution in [2.24, 2.45) is 0 Å². The van der Waals surface area contributed by atoms with Crippen molar-refractivity contribution in [1.29, 1.82) is 0 Å². The number of allylic oxidation sites excluding steroid dienone is 6. The Bertz CT molecular complexity index is 2030. The zero-order valence-corrected chi connectivity index (χ0v) is 41.2. The van der Waals surface area contributed by atoms with Crippen LogP contribution >= 0.6 is 0 Å². The van der Waals surface area contributed by atoms with Gasteiger partial charge in [-0.05, 0) is 161 Å².